The number of hydrogen-bond acceptors (Lipinski definition) is 6. The van der Waals surface area contributed by atoms with Crippen molar-refractivity contribution in [2.24, 2.45) is 0 Å². The summed E-state index contributed by atoms with van der Waals surface area (Å²) in [6.07, 6.45) is 0. The summed E-state index contributed by atoms with van der Waals surface area (Å²) in [7, 11) is 0. The van der Waals surface area contributed by atoms with E-state index in [1.165, 1.54) is 23.9 Å². The number of fused-ring (bicyclic) bond motifs is 1. The van der Waals surface area contributed by atoms with Gasteiger partial charge in [0, 0.05) is 33.7 Å². The Kier molecular flexibility index (Phi) is 4.86. The zero-order valence-electron chi connectivity index (χ0n) is 14.5. The molecular formula is C20H14N2O5S. The molecule has 1 amide bonds. The summed E-state index contributed by atoms with van der Waals surface area (Å²) in [6, 6.07) is 18.6. The number of carbonyl (C=O) groups excluding carboxylic acids is 1. The zero-order chi connectivity index (χ0) is 19.5. The van der Waals surface area contributed by atoms with Crippen LogP contribution in [0.15, 0.2) is 76.5 Å². The topological polar surface area (TPSA) is 90.7 Å². The van der Waals surface area contributed by atoms with Crippen molar-refractivity contribution in [3.63, 3.8) is 0 Å². The maximum absolute atomic E-state index is 12.8. The molecule has 0 aliphatic carbocycles. The molecule has 0 bridgehead atoms. The first-order valence-electron chi connectivity index (χ1n) is 8.32. The van der Waals surface area contributed by atoms with Crippen LogP contribution in [0, 0.1) is 10.1 Å². The number of rotatable bonds is 5. The number of anilines is 1. The highest BCUT2D eigenvalue weighted by Crippen LogP contribution is 2.35. The largest absolute Gasteiger partial charge is 0.454 e. The molecule has 0 radical (unpaired) electrons. The lowest BCUT2D eigenvalue weighted by molar-refractivity contribution is -0.384. The maximum Gasteiger partial charge on any atom is 0.269 e. The SMILES string of the molecule is O=C(Nc1ccc2c(c1)OCO2)c1ccccc1Sc1ccc([N+](=O)[O-])cc1. The summed E-state index contributed by atoms with van der Waals surface area (Å²) in [5.74, 6) is 0.974. The quantitative estimate of drug-likeness (QED) is 0.497. The Morgan fingerprint density at radius 3 is 2.54 bits per heavy atom. The number of non-ortho nitro benzene ring substituents is 1. The van der Waals surface area contributed by atoms with E-state index in [1.54, 1.807) is 42.5 Å². The van der Waals surface area contributed by atoms with Crippen LogP contribution in [0.4, 0.5) is 11.4 Å². The Balaban J connectivity index is 1.53. The van der Waals surface area contributed by atoms with Gasteiger partial charge in [0.15, 0.2) is 11.5 Å². The lowest BCUT2D eigenvalue weighted by atomic mass is 10.2. The smallest absolute Gasteiger partial charge is 0.269 e. The molecule has 0 unspecified atom stereocenters. The van der Waals surface area contributed by atoms with Crippen LogP contribution in [0.3, 0.4) is 0 Å². The molecule has 0 aromatic heterocycles. The van der Waals surface area contributed by atoms with E-state index in [0.717, 1.165) is 9.79 Å². The van der Waals surface area contributed by atoms with Crippen molar-refractivity contribution in [1.29, 1.82) is 0 Å². The van der Waals surface area contributed by atoms with Crippen molar-refractivity contribution < 1.29 is 19.2 Å². The summed E-state index contributed by atoms with van der Waals surface area (Å²) in [5.41, 5.74) is 1.13. The second kappa shape index (κ2) is 7.61. The first kappa shape index (κ1) is 17.9. The highest BCUT2D eigenvalue weighted by Gasteiger charge is 2.16. The highest BCUT2D eigenvalue weighted by atomic mass is 32.2. The van der Waals surface area contributed by atoms with Gasteiger partial charge < -0.3 is 14.8 Å². The number of nitro groups is 1. The fourth-order valence-corrected chi connectivity index (χ4v) is 3.62. The number of carbonyl (C=O) groups is 1. The summed E-state index contributed by atoms with van der Waals surface area (Å²) in [4.78, 5) is 24.7. The van der Waals surface area contributed by atoms with E-state index in [-0.39, 0.29) is 18.4 Å². The number of benzene rings is 3. The van der Waals surface area contributed by atoms with E-state index in [9.17, 15) is 14.9 Å². The van der Waals surface area contributed by atoms with Gasteiger partial charge in [-0.15, -0.1) is 0 Å². The Morgan fingerprint density at radius 2 is 1.75 bits per heavy atom. The van der Waals surface area contributed by atoms with E-state index in [0.29, 0.717) is 22.7 Å². The van der Waals surface area contributed by atoms with Crippen LogP contribution >= 0.6 is 11.8 Å². The van der Waals surface area contributed by atoms with Crippen LogP contribution in [0.1, 0.15) is 10.4 Å². The second-order valence-electron chi connectivity index (χ2n) is 5.87. The third-order valence-electron chi connectivity index (χ3n) is 4.04. The first-order chi connectivity index (χ1) is 13.6. The number of nitro benzene ring substituents is 1. The van der Waals surface area contributed by atoms with Gasteiger partial charge in [-0.25, -0.2) is 0 Å². The van der Waals surface area contributed by atoms with E-state index in [4.69, 9.17) is 9.47 Å². The molecule has 1 aliphatic heterocycles. The fourth-order valence-electron chi connectivity index (χ4n) is 2.68. The second-order valence-corrected chi connectivity index (χ2v) is 6.99. The molecule has 0 spiro atoms. The van der Waals surface area contributed by atoms with E-state index >= 15 is 0 Å². The van der Waals surface area contributed by atoms with Gasteiger partial charge in [0.25, 0.3) is 11.6 Å². The van der Waals surface area contributed by atoms with Crippen LogP contribution < -0.4 is 14.8 Å². The van der Waals surface area contributed by atoms with Crippen LogP contribution in [-0.2, 0) is 0 Å². The number of ether oxygens (including phenoxy) is 2. The Labute approximate surface area is 164 Å². The van der Waals surface area contributed by atoms with Crippen LogP contribution in [0.25, 0.3) is 0 Å². The molecule has 0 atom stereocenters. The minimum Gasteiger partial charge on any atom is -0.454 e. The van der Waals surface area contributed by atoms with Crippen molar-refractivity contribution in [1.82, 2.24) is 0 Å². The van der Waals surface area contributed by atoms with Crippen molar-refractivity contribution in [2.45, 2.75) is 9.79 Å². The normalized spacial score (nSPS) is 11.9. The summed E-state index contributed by atoms with van der Waals surface area (Å²) < 4.78 is 10.6. The van der Waals surface area contributed by atoms with Gasteiger partial charge in [-0.1, -0.05) is 23.9 Å². The molecular weight excluding hydrogens is 380 g/mol. The zero-order valence-corrected chi connectivity index (χ0v) is 15.3. The molecule has 1 heterocycles. The molecule has 7 nitrogen and oxygen atoms in total. The molecule has 0 saturated heterocycles. The van der Waals surface area contributed by atoms with Crippen molar-refractivity contribution in [2.75, 3.05) is 12.1 Å². The van der Waals surface area contributed by atoms with Crippen molar-refractivity contribution in [3.05, 3.63) is 82.4 Å². The molecule has 140 valence electrons. The minimum atomic E-state index is -0.443. The van der Waals surface area contributed by atoms with Crippen molar-refractivity contribution >= 4 is 29.0 Å². The third-order valence-corrected chi connectivity index (χ3v) is 5.12. The summed E-state index contributed by atoms with van der Waals surface area (Å²) in [5, 5.41) is 13.6. The summed E-state index contributed by atoms with van der Waals surface area (Å²) in [6.45, 7) is 0.168. The molecule has 4 rings (SSSR count). The van der Waals surface area contributed by atoms with Gasteiger partial charge in [-0.2, -0.15) is 0 Å². The predicted molar refractivity (Wildman–Crippen MR) is 104 cm³/mol. The molecule has 3 aromatic rings. The number of hydrogen-bond donors (Lipinski definition) is 1. The average Bonchev–Trinajstić information content (AvgIpc) is 3.16. The van der Waals surface area contributed by atoms with E-state index in [2.05, 4.69) is 5.32 Å². The molecule has 1 aliphatic rings. The lowest BCUT2D eigenvalue weighted by Crippen LogP contribution is -2.12. The number of nitrogens with zero attached hydrogens (tertiary/aromatic N) is 1. The van der Waals surface area contributed by atoms with Gasteiger partial charge in [0.1, 0.15) is 0 Å². The van der Waals surface area contributed by atoms with Gasteiger partial charge in [0.05, 0.1) is 10.5 Å². The summed E-state index contributed by atoms with van der Waals surface area (Å²) >= 11 is 1.37. The monoisotopic (exact) mass is 394 g/mol. The minimum absolute atomic E-state index is 0.0261. The Hall–Kier alpha value is -3.52. The van der Waals surface area contributed by atoms with Gasteiger partial charge in [0.2, 0.25) is 6.79 Å². The fraction of sp³-hybridized carbons (Fsp3) is 0.0500. The first-order valence-corrected chi connectivity index (χ1v) is 9.14. The van der Waals surface area contributed by atoms with Gasteiger partial charge in [-0.3, -0.25) is 14.9 Å². The standard InChI is InChI=1S/C20H14N2O5S/c23-20(21-13-5-10-17-18(11-13)27-12-26-17)16-3-1-2-4-19(16)28-15-8-6-14(7-9-15)22(24)25/h1-11H,12H2,(H,21,23). The molecule has 8 heteroatoms. The predicted octanol–water partition coefficient (Wildman–Crippen LogP) is 4.73. The van der Waals surface area contributed by atoms with Crippen molar-refractivity contribution in [3.8, 4) is 11.5 Å². The van der Waals surface area contributed by atoms with Gasteiger partial charge >= 0.3 is 0 Å². The average molecular weight is 394 g/mol. The van der Waals surface area contributed by atoms with Crippen LogP contribution in [0.5, 0.6) is 11.5 Å². The van der Waals surface area contributed by atoms with Gasteiger partial charge in [-0.05, 0) is 36.4 Å². The highest BCUT2D eigenvalue weighted by molar-refractivity contribution is 7.99. The number of amides is 1. The molecule has 3 aromatic carbocycles. The van der Waals surface area contributed by atoms with Crippen LogP contribution in [0.2, 0.25) is 0 Å². The molecule has 0 fully saturated rings. The Morgan fingerprint density at radius 1 is 1.00 bits per heavy atom. The van der Waals surface area contributed by atoms with E-state index < -0.39 is 4.92 Å². The number of nitrogens with one attached hydrogen (secondary N) is 1. The molecule has 28 heavy (non-hydrogen) atoms. The molecule has 1 N–H and O–H groups in total. The molecule has 0 saturated carbocycles. The maximum atomic E-state index is 12.8. The van der Waals surface area contributed by atoms with Crippen LogP contribution in [-0.4, -0.2) is 17.6 Å². The Bertz CT molecular complexity index is 1050. The van der Waals surface area contributed by atoms with E-state index in [1.807, 2.05) is 12.1 Å². The lowest BCUT2D eigenvalue weighted by Gasteiger charge is -2.10. The third kappa shape index (κ3) is 3.77.